The first-order valence-corrected chi connectivity index (χ1v) is 15.2. The van der Waals surface area contributed by atoms with Gasteiger partial charge in [0.1, 0.15) is 5.75 Å². The molecule has 218 valence electrons. The average molecular weight is 625 g/mol. The molecule has 2 saturated heterocycles. The monoisotopic (exact) mass is 623 g/mol. The number of likely N-dealkylation sites (tertiary alicyclic amines) is 1. The minimum Gasteiger partial charge on any atom is -0.493 e. The van der Waals surface area contributed by atoms with Gasteiger partial charge in [0.15, 0.2) is 0 Å². The van der Waals surface area contributed by atoms with Crippen LogP contribution in [0.5, 0.6) is 5.75 Å². The number of aromatic nitrogens is 2. The Labute approximate surface area is 249 Å². The van der Waals surface area contributed by atoms with Gasteiger partial charge in [-0.15, -0.1) is 0 Å². The van der Waals surface area contributed by atoms with E-state index in [1.807, 2.05) is 37.4 Å². The Bertz CT molecular complexity index is 1450. The lowest BCUT2D eigenvalue weighted by atomic mass is 9.88. The highest BCUT2D eigenvalue weighted by Gasteiger charge is 2.31. The zero-order chi connectivity index (χ0) is 29.1. The Hall–Kier alpha value is -3.24. The lowest BCUT2D eigenvalue weighted by Gasteiger charge is -2.32. The molecule has 2 aromatic carbocycles. The average Bonchev–Trinajstić information content (AvgIpc) is 3.25. The number of fused-ring (bicyclic) bond motifs is 1. The molecule has 2 fully saturated rings. The van der Waals surface area contributed by atoms with Crippen LogP contribution >= 0.6 is 15.9 Å². The Kier molecular flexibility index (Phi) is 9.09. The largest absolute Gasteiger partial charge is 0.493 e. The van der Waals surface area contributed by atoms with Crippen molar-refractivity contribution in [2.45, 2.75) is 51.9 Å². The van der Waals surface area contributed by atoms with Crippen LogP contribution in [0.3, 0.4) is 0 Å². The molecule has 9 nitrogen and oxygen atoms in total. The highest BCUT2D eigenvalue weighted by molar-refractivity contribution is 9.10. The van der Waals surface area contributed by atoms with Gasteiger partial charge in [-0.2, -0.15) is 5.10 Å². The number of rotatable bonds is 9. The maximum atomic E-state index is 12.9. The molecular weight excluding hydrogens is 586 g/mol. The van der Waals surface area contributed by atoms with Crippen molar-refractivity contribution in [3.63, 3.8) is 0 Å². The summed E-state index contributed by atoms with van der Waals surface area (Å²) < 4.78 is 8.84. The standard InChI is InChI=1S/C31H38BrN5O4/c1-19(18-41-23-5-8-26(32)20(2)15-23)14-21-10-12-37(13-11-21)17-29(39)33-22-4-6-24-27(16-22)36(3)35-30(24)25-7-9-28(38)34-31(25)40/h4-6,8,15-16,19,21,25H,7,9-14,17-18H2,1-3H3,(H,33,39)(H,34,38,40)/t19-,25?/m0/s1. The molecule has 5 rings (SSSR count). The molecule has 0 radical (unpaired) electrons. The van der Waals surface area contributed by atoms with Crippen molar-refractivity contribution in [3.05, 3.63) is 52.1 Å². The summed E-state index contributed by atoms with van der Waals surface area (Å²) in [4.78, 5) is 39.0. The summed E-state index contributed by atoms with van der Waals surface area (Å²) in [5.41, 5.74) is 3.36. The zero-order valence-corrected chi connectivity index (χ0v) is 25.5. The Morgan fingerprint density at radius 1 is 1.17 bits per heavy atom. The predicted molar refractivity (Wildman–Crippen MR) is 162 cm³/mol. The van der Waals surface area contributed by atoms with E-state index in [1.165, 1.54) is 5.56 Å². The number of carbonyl (C=O) groups is 3. The number of benzene rings is 2. The van der Waals surface area contributed by atoms with Crippen LogP contribution in [0.2, 0.25) is 0 Å². The third-order valence-electron chi connectivity index (χ3n) is 8.21. The maximum Gasteiger partial charge on any atom is 0.238 e. The molecular formula is C31H38BrN5O4. The number of anilines is 1. The van der Waals surface area contributed by atoms with Crippen molar-refractivity contribution in [2.24, 2.45) is 18.9 Å². The summed E-state index contributed by atoms with van der Waals surface area (Å²) in [6.45, 7) is 7.20. The van der Waals surface area contributed by atoms with E-state index in [4.69, 9.17) is 4.74 Å². The fraction of sp³-hybridized carbons (Fsp3) is 0.484. The van der Waals surface area contributed by atoms with Crippen LogP contribution in [0.25, 0.3) is 10.9 Å². The number of hydrogen-bond acceptors (Lipinski definition) is 6. The summed E-state index contributed by atoms with van der Waals surface area (Å²) in [6.07, 6.45) is 4.05. The molecule has 2 aliphatic heterocycles. The van der Waals surface area contributed by atoms with E-state index in [0.29, 0.717) is 49.2 Å². The normalized spacial score (nSPS) is 19.3. The molecule has 0 aliphatic carbocycles. The number of nitrogens with zero attached hydrogens (tertiary/aromatic N) is 3. The Morgan fingerprint density at radius 2 is 1.95 bits per heavy atom. The number of imide groups is 1. The number of carbonyl (C=O) groups excluding carboxylic acids is 3. The van der Waals surface area contributed by atoms with Crippen LogP contribution in [0.15, 0.2) is 40.9 Å². The van der Waals surface area contributed by atoms with Crippen LogP contribution < -0.4 is 15.4 Å². The molecule has 3 amide bonds. The van der Waals surface area contributed by atoms with Gasteiger partial charge in [-0.05, 0) is 99.5 Å². The molecule has 3 heterocycles. The quantitative estimate of drug-likeness (QED) is 0.328. The third-order valence-corrected chi connectivity index (χ3v) is 9.10. The van der Waals surface area contributed by atoms with Crippen LogP contribution in [0.4, 0.5) is 5.69 Å². The SMILES string of the molecule is Cc1cc(OC[C@@H](C)CC2CCN(CC(=O)Nc3ccc4c(C5CCC(=O)NC5=O)nn(C)c4c3)CC2)ccc1Br. The molecule has 0 spiro atoms. The fourth-order valence-corrected chi connectivity index (χ4v) is 6.19. The van der Waals surface area contributed by atoms with Gasteiger partial charge in [0.2, 0.25) is 17.7 Å². The van der Waals surface area contributed by atoms with Crippen molar-refractivity contribution in [1.29, 1.82) is 0 Å². The molecule has 0 saturated carbocycles. The van der Waals surface area contributed by atoms with Gasteiger partial charge in [-0.3, -0.25) is 29.3 Å². The first kappa shape index (κ1) is 29.3. The molecule has 2 N–H and O–H groups in total. The van der Waals surface area contributed by atoms with Gasteiger partial charge in [0, 0.05) is 29.0 Å². The number of piperidine rings is 2. The van der Waals surface area contributed by atoms with Crippen LogP contribution in [0.1, 0.15) is 56.2 Å². The number of halogens is 1. The van der Waals surface area contributed by atoms with E-state index in [-0.39, 0.29) is 17.7 Å². The van der Waals surface area contributed by atoms with Gasteiger partial charge < -0.3 is 10.1 Å². The second-order valence-electron chi connectivity index (χ2n) is 11.6. The second kappa shape index (κ2) is 12.7. The number of hydrogen-bond donors (Lipinski definition) is 2. The van der Waals surface area contributed by atoms with Gasteiger partial charge in [-0.25, -0.2) is 0 Å². The summed E-state index contributed by atoms with van der Waals surface area (Å²) in [5, 5.41) is 10.9. The minimum atomic E-state index is -0.453. The Balaban J connectivity index is 1.08. The van der Waals surface area contributed by atoms with E-state index < -0.39 is 5.92 Å². The first-order valence-electron chi connectivity index (χ1n) is 14.4. The van der Waals surface area contributed by atoms with Crippen LogP contribution in [-0.2, 0) is 21.4 Å². The van der Waals surface area contributed by atoms with Crippen LogP contribution in [0, 0.1) is 18.8 Å². The molecule has 10 heteroatoms. The van der Waals surface area contributed by atoms with E-state index in [0.717, 1.165) is 53.5 Å². The molecule has 2 aliphatic rings. The third kappa shape index (κ3) is 7.16. The fourth-order valence-electron chi connectivity index (χ4n) is 5.94. The van der Waals surface area contributed by atoms with Gasteiger partial charge in [0.25, 0.3) is 0 Å². The van der Waals surface area contributed by atoms with E-state index in [9.17, 15) is 14.4 Å². The summed E-state index contributed by atoms with van der Waals surface area (Å²) in [6, 6.07) is 11.7. The van der Waals surface area contributed by atoms with Gasteiger partial charge in [0.05, 0.1) is 30.3 Å². The van der Waals surface area contributed by atoms with Gasteiger partial charge in [-0.1, -0.05) is 22.9 Å². The molecule has 1 aromatic heterocycles. The number of ether oxygens (including phenoxy) is 1. The van der Waals surface area contributed by atoms with Gasteiger partial charge >= 0.3 is 0 Å². The highest BCUT2D eigenvalue weighted by Crippen LogP contribution is 2.32. The molecule has 41 heavy (non-hydrogen) atoms. The van der Waals surface area contributed by atoms with Crippen molar-refractivity contribution in [3.8, 4) is 5.75 Å². The number of nitrogens with one attached hydrogen (secondary N) is 2. The topological polar surface area (TPSA) is 106 Å². The number of aryl methyl sites for hydroxylation is 2. The van der Waals surface area contributed by atoms with Crippen molar-refractivity contribution < 1.29 is 19.1 Å². The molecule has 0 bridgehead atoms. The summed E-state index contributed by atoms with van der Waals surface area (Å²) >= 11 is 3.53. The molecule has 1 unspecified atom stereocenters. The van der Waals surface area contributed by atoms with E-state index in [2.05, 4.69) is 56.5 Å². The molecule has 3 aromatic rings. The second-order valence-corrected chi connectivity index (χ2v) is 12.4. The summed E-state index contributed by atoms with van der Waals surface area (Å²) in [5.74, 6) is 0.985. The highest BCUT2D eigenvalue weighted by atomic mass is 79.9. The van der Waals surface area contributed by atoms with E-state index in [1.54, 1.807) is 4.68 Å². The first-order chi connectivity index (χ1) is 19.7. The minimum absolute atomic E-state index is 0.0399. The number of amides is 3. The van der Waals surface area contributed by atoms with E-state index >= 15 is 0 Å². The zero-order valence-electron chi connectivity index (χ0n) is 23.9. The maximum absolute atomic E-state index is 12.9. The van der Waals surface area contributed by atoms with Crippen molar-refractivity contribution >= 4 is 50.2 Å². The lowest BCUT2D eigenvalue weighted by Crippen LogP contribution is -2.39. The van der Waals surface area contributed by atoms with Crippen LogP contribution in [-0.4, -0.2) is 58.6 Å². The van der Waals surface area contributed by atoms with Crippen molar-refractivity contribution in [1.82, 2.24) is 20.0 Å². The summed E-state index contributed by atoms with van der Waals surface area (Å²) in [7, 11) is 1.82. The smallest absolute Gasteiger partial charge is 0.238 e. The lowest BCUT2D eigenvalue weighted by molar-refractivity contribution is -0.134. The predicted octanol–water partition coefficient (Wildman–Crippen LogP) is 4.92. The molecule has 2 atom stereocenters. The van der Waals surface area contributed by atoms with Crippen molar-refractivity contribution in [2.75, 3.05) is 31.6 Å². The Morgan fingerprint density at radius 3 is 2.68 bits per heavy atom.